The second-order valence-electron chi connectivity index (χ2n) is 7.20. The van der Waals surface area contributed by atoms with Crippen LogP contribution in [0.5, 0.6) is 11.6 Å². The SMILES string of the molecule is COC[C@@H]1NC(=O)c2cnn3cc4c(nc23)N(Cc2cc(F)cnc2O1)[C@H](C)CO4. The summed E-state index contributed by atoms with van der Waals surface area (Å²) in [5.74, 6) is 0.354. The van der Waals surface area contributed by atoms with Crippen LogP contribution >= 0.6 is 0 Å². The van der Waals surface area contributed by atoms with Crippen LogP contribution in [0.25, 0.3) is 5.65 Å². The van der Waals surface area contributed by atoms with Crippen molar-refractivity contribution in [1.82, 2.24) is 24.9 Å². The van der Waals surface area contributed by atoms with Crippen LogP contribution in [0.2, 0.25) is 0 Å². The number of pyridine rings is 1. The van der Waals surface area contributed by atoms with Gasteiger partial charge < -0.3 is 24.4 Å². The molecular weight excluding hydrogens is 395 g/mol. The Morgan fingerprint density at radius 1 is 1.40 bits per heavy atom. The number of nitrogens with one attached hydrogen (secondary N) is 1. The summed E-state index contributed by atoms with van der Waals surface area (Å²) in [6, 6.07) is 1.31. The molecule has 11 heteroatoms. The van der Waals surface area contributed by atoms with Gasteiger partial charge in [0.25, 0.3) is 5.91 Å². The highest BCUT2D eigenvalue weighted by Crippen LogP contribution is 2.35. The molecule has 0 saturated carbocycles. The Morgan fingerprint density at radius 2 is 2.27 bits per heavy atom. The number of halogens is 1. The van der Waals surface area contributed by atoms with E-state index >= 15 is 0 Å². The standard InChI is InChI=1S/C19H19FN6O4/c1-10-8-29-14-7-26-16-13(5-22-26)18(27)23-15(9-28-2)30-19-11(3-12(20)4-21-19)6-25(10)17(14)24-16/h3-5,7,10,15H,6,8-9H2,1-2H3,(H,23,27)/t10-,15-/m1/s1. The number of methoxy groups -OCH3 is 1. The summed E-state index contributed by atoms with van der Waals surface area (Å²) in [5.41, 5.74) is 1.18. The fourth-order valence-electron chi connectivity index (χ4n) is 3.58. The molecule has 0 saturated heterocycles. The van der Waals surface area contributed by atoms with Crippen molar-refractivity contribution in [2.45, 2.75) is 25.7 Å². The first-order chi connectivity index (χ1) is 14.5. The lowest BCUT2D eigenvalue weighted by Gasteiger charge is -2.36. The van der Waals surface area contributed by atoms with Gasteiger partial charge in [0.05, 0.1) is 31.2 Å². The highest BCUT2D eigenvalue weighted by Gasteiger charge is 2.31. The minimum Gasteiger partial charge on any atom is -0.486 e. The summed E-state index contributed by atoms with van der Waals surface area (Å²) in [5, 5.41) is 6.98. The highest BCUT2D eigenvalue weighted by atomic mass is 19.1. The molecule has 0 aliphatic carbocycles. The van der Waals surface area contributed by atoms with Crippen molar-refractivity contribution < 1.29 is 23.4 Å². The van der Waals surface area contributed by atoms with Gasteiger partial charge in [-0.15, -0.1) is 0 Å². The number of amides is 1. The minimum absolute atomic E-state index is 0.0542. The van der Waals surface area contributed by atoms with Gasteiger partial charge in [-0.05, 0) is 13.0 Å². The van der Waals surface area contributed by atoms with Crippen molar-refractivity contribution in [1.29, 1.82) is 0 Å². The van der Waals surface area contributed by atoms with E-state index < -0.39 is 18.0 Å². The number of aromatic nitrogens is 4. The average molecular weight is 414 g/mol. The normalized spacial score (nSPS) is 20.6. The second-order valence-corrected chi connectivity index (χ2v) is 7.20. The zero-order chi connectivity index (χ0) is 20.8. The molecule has 3 aromatic heterocycles. The Hall–Kier alpha value is -3.47. The molecule has 5 rings (SSSR count). The highest BCUT2D eigenvalue weighted by molar-refractivity contribution is 6.00. The van der Waals surface area contributed by atoms with Crippen LogP contribution in [0.3, 0.4) is 0 Å². The van der Waals surface area contributed by atoms with Gasteiger partial charge in [0.15, 0.2) is 23.4 Å². The molecular formula is C19H19FN6O4. The van der Waals surface area contributed by atoms with Gasteiger partial charge in [-0.25, -0.2) is 18.9 Å². The van der Waals surface area contributed by atoms with Crippen molar-refractivity contribution in [3.8, 4) is 11.6 Å². The summed E-state index contributed by atoms with van der Waals surface area (Å²) >= 11 is 0. The zero-order valence-electron chi connectivity index (χ0n) is 16.3. The summed E-state index contributed by atoms with van der Waals surface area (Å²) in [6.07, 6.45) is 3.36. The number of anilines is 1. The van der Waals surface area contributed by atoms with Crippen LogP contribution in [0.15, 0.2) is 24.7 Å². The molecule has 30 heavy (non-hydrogen) atoms. The smallest absolute Gasteiger partial charge is 0.259 e. The Kier molecular flexibility index (Phi) is 4.39. The van der Waals surface area contributed by atoms with Crippen molar-refractivity contribution in [2.24, 2.45) is 0 Å². The van der Waals surface area contributed by atoms with E-state index in [2.05, 4.69) is 20.4 Å². The van der Waals surface area contributed by atoms with Crippen LogP contribution in [0, 0.1) is 5.82 Å². The van der Waals surface area contributed by atoms with Gasteiger partial charge >= 0.3 is 0 Å². The van der Waals surface area contributed by atoms with Gasteiger partial charge in [0.2, 0.25) is 5.88 Å². The molecule has 2 bridgehead atoms. The Balaban J connectivity index is 1.71. The topological polar surface area (TPSA) is 103 Å². The third kappa shape index (κ3) is 3.07. The van der Waals surface area contributed by atoms with Gasteiger partial charge in [0.1, 0.15) is 24.6 Å². The van der Waals surface area contributed by atoms with E-state index in [-0.39, 0.29) is 30.6 Å². The van der Waals surface area contributed by atoms with Crippen molar-refractivity contribution in [2.75, 3.05) is 25.2 Å². The van der Waals surface area contributed by atoms with Crippen LogP contribution in [-0.2, 0) is 11.3 Å². The molecule has 1 amide bonds. The molecule has 0 spiro atoms. The largest absolute Gasteiger partial charge is 0.486 e. The van der Waals surface area contributed by atoms with Crippen molar-refractivity contribution in [3.63, 3.8) is 0 Å². The zero-order valence-corrected chi connectivity index (χ0v) is 16.3. The lowest BCUT2D eigenvalue weighted by atomic mass is 10.1. The predicted molar refractivity (Wildman–Crippen MR) is 102 cm³/mol. The molecule has 156 valence electrons. The summed E-state index contributed by atoms with van der Waals surface area (Å²) in [4.78, 5) is 23.7. The molecule has 0 unspecified atom stereocenters. The van der Waals surface area contributed by atoms with Crippen molar-refractivity contribution >= 4 is 17.4 Å². The Morgan fingerprint density at radius 3 is 3.10 bits per heavy atom. The lowest BCUT2D eigenvalue weighted by molar-refractivity contribution is 0.0482. The maximum atomic E-state index is 14.0. The number of hydrogen-bond acceptors (Lipinski definition) is 8. The number of hydrogen-bond donors (Lipinski definition) is 1. The van der Waals surface area contributed by atoms with E-state index in [0.717, 1.165) is 6.20 Å². The number of rotatable bonds is 2. The third-order valence-electron chi connectivity index (χ3n) is 5.07. The quantitative estimate of drug-likeness (QED) is 0.666. The average Bonchev–Trinajstić information content (AvgIpc) is 3.13. The fraction of sp³-hybridized carbons (Fsp3) is 0.368. The summed E-state index contributed by atoms with van der Waals surface area (Å²) < 4.78 is 32.4. The van der Waals surface area contributed by atoms with E-state index in [4.69, 9.17) is 14.2 Å². The lowest BCUT2D eigenvalue weighted by Crippen LogP contribution is -2.44. The monoisotopic (exact) mass is 414 g/mol. The molecule has 3 aromatic rings. The van der Waals surface area contributed by atoms with Crippen LogP contribution < -0.4 is 19.7 Å². The molecule has 1 N–H and O–H groups in total. The van der Waals surface area contributed by atoms with Gasteiger partial charge in [0, 0.05) is 12.7 Å². The van der Waals surface area contributed by atoms with Gasteiger partial charge in [-0.3, -0.25) is 4.79 Å². The number of carbonyl (C=O) groups excluding carboxylic acids is 1. The van der Waals surface area contributed by atoms with Crippen molar-refractivity contribution in [3.05, 3.63) is 41.6 Å². The predicted octanol–water partition coefficient (Wildman–Crippen LogP) is 1.15. The molecule has 2 aliphatic heterocycles. The third-order valence-corrected chi connectivity index (χ3v) is 5.07. The first-order valence-corrected chi connectivity index (χ1v) is 9.42. The second kappa shape index (κ2) is 7.10. The number of ether oxygens (including phenoxy) is 3. The minimum atomic E-state index is -0.838. The maximum Gasteiger partial charge on any atom is 0.259 e. The van der Waals surface area contributed by atoms with E-state index in [9.17, 15) is 9.18 Å². The molecule has 5 heterocycles. The maximum absolute atomic E-state index is 14.0. The number of nitrogens with zero attached hydrogens (tertiary/aromatic N) is 5. The summed E-state index contributed by atoms with van der Waals surface area (Å²) in [7, 11) is 1.49. The molecule has 0 aromatic carbocycles. The fourth-order valence-corrected chi connectivity index (χ4v) is 3.58. The van der Waals surface area contributed by atoms with Crippen LogP contribution in [0.4, 0.5) is 10.2 Å². The first kappa shape index (κ1) is 18.6. The summed E-state index contributed by atoms with van der Waals surface area (Å²) in [6.45, 7) is 2.75. The molecule has 0 fully saturated rings. The number of carbonyl (C=O) groups is 1. The first-order valence-electron chi connectivity index (χ1n) is 9.42. The Bertz CT molecular complexity index is 1140. The van der Waals surface area contributed by atoms with E-state index in [0.29, 0.717) is 29.4 Å². The van der Waals surface area contributed by atoms with Crippen LogP contribution in [0.1, 0.15) is 22.8 Å². The Labute approximate surface area is 170 Å². The molecule has 10 nitrogen and oxygen atoms in total. The van der Waals surface area contributed by atoms with Gasteiger partial charge in [-0.1, -0.05) is 0 Å². The van der Waals surface area contributed by atoms with E-state index in [1.54, 1.807) is 6.20 Å². The number of fused-ring (bicyclic) bond motifs is 1. The molecule has 2 aliphatic rings. The molecule has 0 radical (unpaired) electrons. The molecule has 2 atom stereocenters. The van der Waals surface area contributed by atoms with Gasteiger partial charge in [-0.2, -0.15) is 5.10 Å². The van der Waals surface area contributed by atoms with Crippen LogP contribution in [-0.4, -0.2) is 58.1 Å². The van der Waals surface area contributed by atoms with E-state index in [1.807, 2.05) is 11.8 Å². The van der Waals surface area contributed by atoms with E-state index in [1.165, 1.54) is 23.9 Å².